The Balaban J connectivity index is 1.74. The molecular formula is C17H16F4N4O. The quantitative estimate of drug-likeness (QED) is 0.643. The van der Waals surface area contributed by atoms with Crippen molar-refractivity contribution in [1.82, 2.24) is 20.6 Å². The number of alkyl halides is 3. The Kier molecular flexibility index (Phi) is 5.17. The van der Waals surface area contributed by atoms with Gasteiger partial charge in [0.15, 0.2) is 0 Å². The molecule has 0 aromatic carbocycles. The molecule has 26 heavy (non-hydrogen) atoms. The predicted molar refractivity (Wildman–Crippen MR) is 85.3 cm³/mol. The van der Waals surface area contributed by atoms with E-state index in [0.29, 0.717) is 6.20 Å². The lowest BCUT2D eigenvalue weighted by molar-refractivity contribution is -0.137. The van der Waals surface area contributed by atoms with Crippen LogP contribution in [0.3, 0.4) is 0 Å². The summed E-state index contributed by atoms with van der Waals surface area (Å²) in [7, 11) is 0. The number of halogens is 4. The minimum atomic E-state index is -4.49. The van der Waals surface area contributed by atoms with Gasteiger partial charge < -0.3 is 10.6 Å². The molecule has 3 heterocycles. The van der Waals surface area contributed by atoms with Gasteiger partial charge in [0.1, 0.15) is 0 Å². The van der Waals surface area contributed by atoms with Crippen LogP contribution in [0.15, 0.2) is 30.5 Å². The lowest BCUT2D eigenvalue weighted by Crippen LogP contribution is -2.40. The topological polar surface area (TPSA) is 66.9 Å². The number of hydrogen-bond donors (Lipinski definition) is 2. The molecule has 1 aliphatic heterocycles. The van der Waals surface area contributed by atoms with E-state index in [1.807, 2.05) is 0 Å². The number of carbonyl (C=O) groups excluding carboxylic acids is 1. The maximum atomic E-state index is 13.8. The summed E-state index contributed by atoms with van der Waals surface area (Å²) < 4.78 is 51.6. The summed E-state index contributed by atoms with van der Waals surface area (Å²) in [6, 6.07) is 4.36. The maximum Gasteiger partial charge on any atom is 0.417 e. The first-order valence-corrected chi connectivity index (χ1v) is 8.04. The molecule has 0 radical (unpaired) electrons. The highest BCUT2D eigenvalue weighted by Crippen LogP contribution is 2.29. The van der Waals surface area contributed by atoms with Crippen molar-refractivity contribution in [2.75, 3.05) is 6.54 Å². The second kappa shape index (κ2) is 7.36. The molecule has 1 amide bonds. The molecule has 2 aromatic rings. The lowest BCUT2D eigenvalue weighted by atomic mass is 10.1. The van der Waals surface area contributed by atoms with E-state index in [-0.39, 0.29) is 35.4 Å². The third kappa shape index (κ3) is 4.34. The Morgan fingerprint density at radius 2 is 2.12 bits per heavy atom. The fourth-order valence-electron chi connectivity index (χ4n) is 2.73. The first kappa shape index (κ1) is 18.2. The van der Waals surface area contributed by atoms with Gasteiger partial charge >= 0.3 is 6.18 Å². The Morgan fingerprint density at radius 1 is 1.31 bits per heavy atom. The van der Waals surface area contributed by atoms with Crippen molar-refractivity contribution in [3.63, 3.8) is 0 Å². The molecule has 0 spiro atoms. The number of pyridine rings is 2. The van der Waals surface area contributed by atoms with Crippen LogP contribution in [0.5, 0.6) is 0 Å². The number of aromatic nitrogens is 2. The van der Waals surface area contributed by atoms with Gasteiger partial charge in [0.2, 0.25) is 11.9 Å². The molecule has 1 saturated heterocycles. The molecular weight excluding hydrogens is 352 g/mol. The van der Waals surface area contributed by atoms with Crippen LogP contribution < -0.4 is 10.6 Å². The Hall–Kier alpha value is -2.55. The van der Waals surface area contributed by atoms with Crippen molar-refractivity contribution in [3.8, 4) is 11.3 Å². The van der Waals surface area contributed by atoms with Crippen LogP contribution in [0.2, 0.25) is 0 Å². The van der Waals surface area contributed by atoms with Gasteiger partial charge in [0.05, 0.1) is 29.5 Å². The fraction of sp³-hybridized carbons (Fsp3) is 0.353. The zero-order valence-electron chi connectivity index (χ0n) is 13.6. The minimum absolute atomic E-state index is 0.0163. The number of nitrogens with zero attached hydrogens (tertiary/aromatic N) is 2. The second-order valence-corrected chi connectivity index (χ2v) is 5.97. The van der Waals surface area contributed by atoms with Crippen molar-refractivity contribution >= 4 is 5.91 Å². The van der Waals surface area contributed by atoms with Crippen molar-refractivity contribution in [2.45, 2.75) is 31.6 Å². The molecule has 1 aliphatic rings. The zero-order valence-corrected chi connectivity index (χ0v) is 13.6. The molecule has 0 unspecified atom stereocenters. The summed E-state index contributed by atoms with van der Waals surface area (Å²) in [5.74, 6) is -0.991. The normalized spacial score (nSPS) is 17.3. The van der Waals surface area contributed by atoms with Crippen molar-refractivity contribution in [1.29, 1.82) is 0 Å². The molecule has 0 bridgehead atoms. The summed E-state index contributed by atoms with van der Waals surface area (Å²) in [5, 5.41) is 5.73. The third-order valence-electron chi connectivity index (χ3n) is 4.05. The van der Waals surface area contributed by atoms with E-state index in [1.165, 1.54) is 12.1 Å². The number of carbonyl (C=O) groups is 1. The first-order valence-electron chi connectivity index (χ1n) is 8.04. The summed E-state index contributed by atoms with van der Waals surface area (Å²) in [4.78, 5) is 19.4. The van der Waals surface area contributed by atoms with Gasteiger partial charge in [0, 0.05) is 17.8 Å². The third-order valence-corrected chi connectivity index (χ3v) is 4.05. The number of nitrogens with one attached hydrogen (secondary N) is 2. The minimum Gasteiger partial charge on any atom is -0.349 e. The molecule has 0 aliphatic carbocycles. The summed E-state index contributed by atoms with van der Waals surface area (Å²) in [5.41, 5.74) is -0.154. The number of rotatable bonds is 4. The van der Waals surface area contributed by atoms with E-state index in [1.54, 1.807) is 0 Å². The molecule has 1 fully saturated rings. The average molecular weight is 368 g/mol. The van der Waals surface area contributed by atoms with Gasteiger partial charge in [-0.2, -0.15) is 17.6 Å². The highest BCUT2D eigenvalue weighted by molar-refractivity contribution is 5.81. The molecule has 2 aromatic heterocycles. The number of hydrogen-bond acceptors (Lipinski definition) is 4. The lowest BCUT2D eigenvalue weighted by Gasteiger charge is -2.11. The number of amides is 1. The summed E-state index contributed by atoms with van der Waals surface area (Å²) in [6.45, 7) is 0.794. The highest BCUT2D eigenvalue weighted by Gasteiger charge is 2.30. The standard InChI is InChI=1S/C17H16F4N4O/c18-15-7-10(13-4-3-11(8-23-13)17(19,20)21)6-12(25-15)9-24-16(26)14-2-1-5-22-14/h3-4,6-8,14,22H,1-2,5,9H2,(H,24,26)/t14-/m0/s1. The predicted octanol–water partition coefficient (Wildman–Crippen LogP) is 2.67. The molecule has 138 valence electrons. The smallest absolute Gasteiger partial charge is 0.349 e. The van der Waals surface area contributed by atoms with Crippen LogP contribution in [0.4, 0.5) is 17.6 Å². The average Bonchev–Trinajstić information content (AvgIpc) is 3.13. The van der Waals surface area contributed by atoms with E-state index in [0.717, 1.165) is 31.5 Å². The second-order valence-electron chi connectivity index (χ2n) is 5.97. The van der Waals surface area contributed by atoms with Gasteiger partial charge in [-0.3, -0.25) is 9.78 Å². The molecule has 9 heteroatoms. The van der Waals surface area contributed by atoms with E-state index < -0.39 is 17.7 Å². The van der Waals surface area contributed by atoms with E-state index in [9.17, 15) is 22.4 Å². The van der Waals surface area contributed by atoms with Gasteiger partial charge in [-0.1, -0.05) is 0 Å². The van der Waals surface area contributed by atoms with Crippen molar-refractivity contribution < 1.29 is 22.4 Å². The van der Waals surface area contributed by atoms with Gasteiger partial charge in [-0.15, -0.1) is 0 Å². The van der Waals surface area contributed by atoms with Crippen LogP contribution in [0.1, 0.15) is 24.1 Å². The van der Waals surface area contributed by atoms with E-state index in [2.05, 4.69) is 20.6 Å². The molecule has 1 atom stereocenters. The summed E-state index contributed by atoms with van der Waals surface area (Å²) in [6.07, 6.45) is -2.14. The Labute approximate surface area is 146 Å². The maximum absolute atomic E-state index is 13.8. The van der Waals surface area contributed by atoms with Gasteiger partial charge in [0.25, 0.3) is 0 Å². The van der Waals surface area contributed by atoms with Crippen LogP contribution in [-0.4, -0.2) is 28.5 Å². The van der Waals surface area contributed by atoms with Crippen LogP contribution in [0, 0.1) is 5.95 Å². The molecule has 3 rings (SSSR count). The van der Waals surface area contributed by atoms with Crippen molar-refractivity contribution in [3.05, 3.63) is 47.7 Å². The van der Waals surface area contributed by atoms with Crippen LogP contribution in [-0.2, 0) is 17.5 Å². The SMILES string of the molecule is O=C(NCc1cc(-c2ccc(C(F)(F)F)cn2)cc(F)n1)[C@@H]1CCCN1. The van der Waals surface area contributed by atoms with Crippen LogP contribution in [0.25, 0.3) is 11.3 Å². The zero-order chi connectivity index (χ0) is 18.7. The van der Waals surface area contributed by atoms with E-state index >= 15 is 0 Å². The van der Waals surface area contributed by atoms with Gasteiger partial charge in [-0.05, 0) is 37.6 Å². The van der Waals surface area contributed by atoms with Crippen LogP contribution >= 0.6 is 0 Å². The van der Waals surface area contributed by atoms with Crippen molar-refractivity contribution in [2.24, 2.45) is 0 Å². The molecule has 2 N–H and O–H groups in total. The fourth-order valence-corrected chi connectivity index (χ4v) is 2.73. The highest BCUT2D eigenvalue weighted by atomic mass is 19.4. The summed E-state index contributed by atoms with van der Waals surface area (Å²) >= 11 is 0. The Morgan fingerprint density at radius 3 is 2.73 bits per heavy atom. The largest absolute Gasteiger partial charge is 0.417 e. The molecule has 5 nitrogen and oxygen atoms in total. The molecule has 0 saturated carbocycles. The monoisotopic (exact) mass is 368 g/mol. The van der Waals surface area contributed by atoms with E-state index in [4.69, 9.17) is 0 Å². The van der Waals surface area contributed by atoms with Gasteiger partial charge in [-0.25, -0.2) is 4.98 Å². The Bertz CT molecular complexity index is 786. The first-order chi connectivity index (χ1) is 12.3.